The van der Waals surface area contributed by atoms with Crippen molar-refractivity contribution in [2.24, 2.45) is 5.92 Å². The summed E-state index contributed by atoms with van der Waals surface area (Å²) in [7, 11) is 1.91. The van der Waals surface area contributed by atoms with E-state index in [2.05, 4.69) is 15.5 Å². The van der Waals surface area contributed by atoms with E-state index in [4.69, 9.17) is 0 Å². The molecule has 7 heteroatoms. The zero-order valence-corrected chi connectivity index (χ0v) is 17.9. The lowest BCUT2D eigenvalue weighted by atomic mass is 10.0. The fraction of sp³-hybridized carbons (Fsp3) is 0.545. The summed E-state index contributed by atoms with van der Waals surface area (Å²) in [4.78, 5) is 14.1. The van der Waals surface area contributed by atoms with Gasteiger partial charge in [0.25, 0.3) is 0 Å². The van der Waals surface area contributed by atoms with Gasteiger partial charge in [-0.25, -0.2) is 4.39 Å². The Kier molecular flexibility index (Phi) is 9.61. The van der Waals surface area contributed by atoms with E-state index in [1.54, 1.807) is 6.07 Å². The molecular formula is C22H32ClFN4O. The van der Waals surface area contributed by atoms with Gasteiger partial charge in [-0.3, -0.25) is 9.89 Å². The Hall–Kier alpha value is -1.92. The van der Waals surface area contributed by atoms with Crippen LogP contribution < -0.4 is 5.32 Å². The lowest BCUT2D eigenvalue weighted by Crippen LogP contribution is -2.28. The maximum atomic E-state index is 13.3. The first-order valence-electron chi connectivity index (χ1n) is 10.4. The second-order valence-corrected chi connectivity index (χ2v) is 7.81. The van der Waals surface area contributed by atoms with Crippen molar-refractivity contribution >= 4 is 18.3 Å². The van der Waals surface area contributed by atoms with E-state index >= 15 is 0 Å². The summed E-state index contributed by atoms with van der Waals surface area (Å²) in [6.07, 6.45) is 6.90. The second-order valence-electron chi connectivity index (χ2n) is 7.81. The molecular weight excluding hydrogens is 391 g/mol. The van der Waals surface area contributed by atoms with Crippen LogP contribution in [0.4, 0.5) is 4.39 Å². The van der Waals surface area contributed by atoms with Gasteiger partial charge in [0.15, 0.2) is 0 Å². The first-order chi connectivity index (χ1) is 13.6. The number of halogens is 2. The molecule has 1 aromatic carbocycles. The number of hydrogen-bond donors (Lipinski definition) is 2. The number of hydrogen-bond acceptors (Lipinski definition) is 3. The van der Waals surface area contributed by atoms with E-state index in [0.717, 1.165) is 68.7 Å². The molecule has 1 aliphatic heterocycles. The predicted molar refractivity (Wildman–Crippen MR) is 117 cm³/mol. The SMILES string of the molecule is CN(CCCCCc1cc(-c2cccc(F)c2)n[nH]1)C(=O)CCC1CCNC1.Cl. The molecule has 1 amide bonds. The Labute approximate surface area is 178 Å². The van der Waals surface area contributed by atoms with Crippen molar-refractivity contribution < 1.29 is 9.18 Å². The minimum absolute atomic E-state index is 0. The molecule has 1 atom stereocenters. The van der Waals surface area contributed by atoms with Gasteiger partial charge in [-0.1, -0.05) is 18.6 Å². The second kappa shape index (κ2) is 11.9. The Bertz CT molecular complexity index is 761. The zero-order chi connectivity index (χ0) is 19.8. The van der Waals surface area contributed by atoms with Gasteiger partial charge in [0, 0.05) is 31.3 Å². The van der Waals surface area contributed by atoms with Crippen LogP contribution in [0, 0.1) is 11.7 Å². The van der Waals surface area contributed by atoms with Crippen molar-refractivity contribution in [3.05, 3.63) is 41.8 Å². The van der Waals surface area contributed by atoms with Crippen LogP contribution in [-0.4, -0.2) is 47.7 Å². The van der Waals surface area contributed by atoms with Crippen LogP contribution in [0.1, 0.15) is 44.2 Å². The molecule has 29 heavy (non-hydrogen) atoms. The van der Waals surface area contributed by atoms with Gasteiger partial charge >= 0.3 is 0 Å². The average Bonchev–Trinajstić information content (AvgIpc) is 3.37. The minimum Gasteiger partial charge on any atom is -0.346 e. The number of aromatic amines is 1. The monoisotopic (exact) mass is 422 g/mol. The maximum Gasteiger partial charge on any atom is 0.222 e. The van der Waals surface area contributed by atoms with Gasteiger partial charge in [-0.15, -0.1) is 12.4 Å². The fourth-order valence-corrected chi connectivity index (χ4v) is 3.73. The number of carbonyl (C=O) groups is 1. The predicted octanol–water partition coefficient (Wildman–Crippen LogP) is 4.20. The highest BCUT2D eigenvalue weighted by Crippen LogP contribution is 2.19. The van der Waals surface area contributed by atoms with E-state index in [1.807, 2.05) is 24.1 Å². The average molecular weight is 423 g/mol. The van der Waals surface area contributed by atoms with E-state index in [9.17, 15) is 9.18 Å². The number of nitrogens with zero attached hydrogens (tertiary/aromatic N) is 2. The summed E-state index contributed by atoms with van der Waals surface area (Å²) in [5, 5.41) is 10.7. The molecule has 1 unspecified atom stereocenters. The molecule has 160 valence electrons. The molecule has 0 saturated carbocycles. The van der Waals surface area contributed by atoms with Gasteiger partial charge in [-0.2, -0.15) is 5.10 Å². The number of H-pyrrole nitrogens is 1. The van der Waals surface area contributed by atoms with Crippen molar-refractivity contribution in [1.82, 2.24) is 20.4 Å². The smallest absolute Gasteiger partial charge is 0.222 e. The molecule has 1 aliphatic rings. The van der Waals surface area contributed by atoms with Crippen LogP contribution in [0.2, 0.25) is 0 Å². The lowest BCUT2D eigenvalue weighted by molar-refractivity contribution is -0.130. The quantitative estimate of drug-likeness (QED) is 0.564. The third kappa shape index (κ3) is 7.44. The molecule has 3 rings (SSSR count). The number of benzene rings is 1. The van der Waals surface area contributed by atoms with E-state index < -0.39 is 0 Å². The Balaban J connectivity index is 0.00000300. The number of aryl methyl sites for hydroxylation is 1. The van der Waals surface area contributed by atoms with Crippen LogP contribution in [0.5, 0.6) is 0 Å². The maximum absolute atomic E-state index is 13.3. The summed E-state index contributed by atoms with van der Waals surface area (Å²) in [5.74, 6) is 0.685. The summed E-state index contributed by atoms with van der Waals surface area (Å²) in [6, 6.07) is 8.48. The van der Waals surface area contributed by atoms with Gasteiger partial charge < -0.3 is 10.2 Å². The molecule has 2 heterocycles. The number of carbonyl (C=O) groups excluding carboxylic acids is 1. The summed E-state index contributed by atoms with van der Waals surface area (Å²) < 4.78 is 13.3. The zero-order valence-electron chi connectivity index (χ0n) is 17.1. The molecule has 1 fully saturated rings. The van der Waals surface area contributed by atoms with Crippen LogP contribution in [0.25, 0.3) is 11.3 Å². The molecule has 0 aliphatic carbocycles. The largest absolute Gasteiger partial charge is 0.346 e. The van der Waals surface area contributed by atoms with Crippen LogP contribution >= 0.6 is 12.4 Å². The van der Waals surface area contributed by atoms with E-state index in [-0.39, 0.29) is 24.1 Å². The Morgan fingerprint density at radius 2 is 2.14 bits per heavy atom. The molecule has 0 radical (unpaired) electrons. The van der Waals surface area contributed by atoms with Crippen molar-refractivity contribution in [3.8, 4) is 11.3 Å². The van der Waals surface area contributed by atoms with Gasteiger partial charge in [0.2, 0.25) is 5.91 Å². The summed E-state index contributed by atoms with van der Waals surface area (Å²) >= 11 is 0. The standard InChI is InChI=1S/C22H31FN4O.ClH/c1-27(22(28)10-9-17-11-12-24-16-17)13-4-2-3-8-20-15-21(26-25-20)18-6-5-7-19(23)14-18;/h5-7,14-15,17,24H,2-4,8-13,16H2,1H3,(H,25,26);1H. The molecule has 2 aromatic rings. The first-order valence-corrected chi connectivity index (χ1v) is 10.4. The lowest BCUT2D eigenvalue weighted by Gasteiger charge is -2.18. The van der Waals surface area contributed by atoms with Crippen LogP contribution in [0.3, 0.4) is 0 Å². The van der Waals surface area contributed by atoms with Crippen molar-refractivity contribution in [3.63, 3.8) is 0 Å². The third-order valence-corrected chi connectivity index (χ3v) is 5.55. The highest BCUT2D eigenvalue weighted by atomic mass is 35.5. The van der Waals surface area contributed by atoms with Gasteiger partial charge in [0.1, 0.15) is 5.82 Å². The van der Waals surface area contributed by atoms with Crippen molar-refractivity contribution in [2.45, 2.75) is 44.9 Å². The number of aromatic nitrogens is 2. The molecule has 5 nitrogen and oxygen atoms in total. The van der Waals surface area contributed by atoms with Gasteiger partial charge in [0.05, 0.1) is 5.69 Å². The molecule has 2 N–H and O–H groups in total. The number of unbranched alkanes of at least 4 members (excludes halogenated alkanes) is 2. The topological polar surface area (TPSA) is 61.0 Å². The van der Waals surface area contributed by atoms with Crippen molar-refractivity contribution in [2.75, 3.05) is 26.7 Å². The molecule has 1 aromatic heterocycles. The normalized spacial score (nSPS) is 15.9. The minimum atomic E-state index is -0.249. The highest BCUT2D eigenvalue weighted by molar-refractivity contribution is 5.85. The first kappa shape index (κ1) is 23.4. The van der Waals surface area contributed by atoms with E-state index in [0.29, 0.717) is 12.3 Å². The van der Waals surface area contributed by atoms with Crippen molar-refractivity contribution in [1.29, 1.82) is 0 Å². The van der Waals surface area contributed by atoms with Crippen LogP contribution in [0.15, 0.2) is 30.3 Å². The van der Waals surface area contributed by atoms with Crippen LogP contribution in [-0.2, 0) is 11.2 Å². The molecule has 0 spiro atoms. The van der Waals surface area contributed by atoms with Gasteiger partial charge in [-0.05, 0) is 69.3 Å². The fourth-order valence-electron chi connectivity index (χ4n) is 3.73. The number of rotatable bonds is 10. The Morgan fingerprint density at radius 1 is 1.28 bits per heavy atom. The Morgan fingerprint density at radius 3 is 2.90 bits per heavy atom. The van der Waals surface area contributed by atoms with E-state index in [1.165, 1.54) is 18.6 Å². The highest BCUT2D eigenvalue weighted by Gasteiger charge is 2.17. The summed E-state index contributed by atoms with van der Waals surface area (Å²) in [6.45, 7) is 2.97. The number of amides is 1. The molecule has 1 saturated heterocycles. The summed E-state index contributed by atoms with van der Waals surface area (Å²) in [5.41, 5.74) is 2.63. The molecule has 0 bridgehead atoms. The number of nitrogens with one attached hydrogen (secondary N) is 2. The third-order valence-electron chi connectivity index (χ3n) is 5.55.